The summed E-state index contributed by atoms with van der Waals surface area (Å²) in [7, 11) is -3.68. The van der Waals surface area contributed by atoms with E-state index in [2.05, 4.69) is 13.5 Å². The van der Waals surface area contributed by atoms with E-state index in [0.29, 0.717) is 6.42 Å². The lowest BCUT2D eigenvalue weighted by Crippen LogP contribution is -2.19. The Hall–Kier alpha value is -1.39. The quantitative estimate of drug-likeness (QED) is 0.587. The largest absolute Gasteiger partial charge is 0.388 e. The summed E-state index contributed by atoms with van der Waals surface area (Å²) in [6, 6.07) is 6.64. The minimum absolute atomic E-state index is 0.0254. The van der Waals surface area contributed by atoms with Gasteiger partial charge in [0.1, 0.15) is 0 Å². The molecule has 0 heterocycles. The summed E-state index contributed by atoms with van der Waals surface area (Å²) >= 11 is 0. The van der Waals surface area contributed by atoms with Gasteiger partial charge in [0.2, 0.25) is 9.84 Å². The number of allylic oxidation sites excluding steroid dienone is 2. The number of unbranched alkanes of at least 4 members (excludes halogenated alkanes) is 2. The molecule has 0 bridgehead atoms. The van der Waals surface area contributed by atoms with Gasteiger partial charge in [-0.05, 0) is 31.6 Å². The van der Waals surface area contributed by atoms with Crippen LogP contribution in [0.1, 0.15) is 38.2 Å². The van der Waals surface area contributed by atoms with Crippen molar-refractivity contribution in [3.8, 4) is 0 Å². The van der Waals surface area contributed by atoms with Gasteiger partial charge in [0.15, 0.2) is 0 Å². The van der Waals surface area contributed by atoms with Crippen molar-refractivity contribution in [1.82, 2.24) is 0 Å². The van der Waals surface area contributed by atoms with Crippen molar-refractivity contribution < 1.29 is 13.5 Å². The lowest BCUT2D eigenvalue weighted by atomic mass is 10.1. The fraction of sp³-hybridized carbons (Fsp3) is 0.412. The molecule has 0 saturated carbocycles. The van der Waals surface area contributed by atoms with E-state index in [1.807, 2.05) is 6.92 Å². The zero-order chi connectivity index (χ0) is 15.9. The highest BCUT2D eigenvalue weighted by atomic mass is 32.2. The summed E-state index contributed by atoms with van der Waals surface area (Å²) in [5.41, 5.74) is 0.992. The molecule has 0 aliphatic carbocycles. The van der Waals surface area contributed by atoms with Gasteiger partial charge in [-0.2, -0.15) is 0 Å². The van der Waals surface area contributed by atoms with Gasteiger partial charge in [-0.15, -0.1) is 0 Å². The van der Waals surface area contributed by atoms with Crippen LogP contribution >= 0.6 is 0 Å². The van der Waals surface area contributed by atoms with Crippen LogP contribution in [0.4, 0.5) is 0 Å². The van der Waals surface area contributed by atoms with Gasteiger partial charge in [0, 0.05) is 0 Å². The Bertz CT molecular complexity index is 583. The summed E-state index contributed by atoms with van der Waals surface area (Å²) in [5.74, 6) is 0. The van der Waals surface area contributed by atoms with Gasteiger partial charge in [0.25, 0.3) is 0 Å². The minimum atomic E-state index is -3.68. The van der Waals surface area contributed by atoms with Crippen LogP contribution in [0.15, 0.2) is 52.8 Å². The number of hydrogen-bond acceptors (Lipinski definition) is 3. The average molecular weight is 308 g/mol. The van der Waals surface area contributed by atoms with Crippen LogP contribution in [0.3, 0.4) is 0 Å². The molecule has 1 aromatic carbocycles. The summed E-state index contributed by atoms with van der Waals surface area (Å²) in [5, 5.41) is 10.2. The van der Waals surface area contributed by atoms with Crippen LogP contribution in [-0.4, -0.2) is 19.6 Å². The third-order valence-corrected chi connectivity index (χ3v) is 5.25. The van der Waals surface area contributed by atoms with Gasteiger partial charge >= 0.3 is 0 Å². The summed E-state index contributed by atoms with van der Waals surface area (Å²) in [6.45, 7) is 7.51. The smallest absolute Gasteiger partial charge is 0.205 e. The van der Waals surface area contributed by atoms with Gasteiger partial charge in [-0.1, -0.05) is 56.5 Å². The average Bonchev–Trinajstić information content (AvgIpc) is 2.45. The third-order valence-electron chi connectivity index (χ3n) is 3.33. The molecule has 0 radical (unpaired) electrons. The van der Waals surface area contributed by atoms with Crippen LogP contribution < -0.4 is 0 Å². The van der Waals surface area contributed by atoms with E-state index >= 15 is 0 Å². The lowest BCUT2D eigenvalue weighted by Gasteiger charge is -2.15. The first-order valence-electron chi connectivity index (χ1n) is 7.26. The Morgan fingerprint density at radius 2 is 1.90 bits per heavy atom. The first kappa shape index (κ1) is 17.7. The molecular formula is C17H24O3S. The maximum atomic E-state index is 12.6. The molecule has 0 spiro atoms. The zero-order valence-corrected chi connectivity index (χ0v) is 13.6. The molecule has 116 valence electrons. The monoisotopic (exact) mass is 308 g/mol. The van der Waals surface area contributed by atoms with E-state index in [1.165, 1.54) is 12.2 Å². The highest BCUT2D eigenvalue weighted by Crippen LogP contribution is 2.25. The molecule has 1 aromatic rings. The second kappa shape index (κ2) is 8.15. The fourth-order valence-corrected chi connectivity index (χ4v) is 3.60. The predicted molar refractivity (Wildman–Crippen MR) is 86.8 cm³/mol. The van der Waals surface area contributed by atoms with Gasteiger partial charge in [-0.25, -0.2) is 8.42 Å². The Morgan fingerprint density at radius 1 is 1.29 bits per heavy atom. The number of benzene rings is 1. The van der Waals surface area contributed by atoms with Crippen molar-refractivity contribution in [1.29, 1.82) is 0 Å². The van der Waals surface area contributed by atoms with Crippen molar-refractivity contribution in [3.05, 3.63) is 53.5 Å². The molecule has 3 nitrogen and oxygen atoms in total. The molecule has 0 amide bonds. The van der Waals surface area contributed by atoms with E-state index < -0.39 is 15.9 Å². The van der Waals surface area contributed by atoms with Crippen LogP contribution in [0.2, 0.25) is 0 Å². The Labute approximate surface area is 127 Å². The molecule has 4 heteroatoms. The standard InChI is InChI=1S/C17H24O3S/c1-4-6-7-9-16(18)17(8-5-2)21(19,20)15-12-10-14(3)11-13-15/h5,8,10-13,16,18H,2,4,6-7,9H2,1,3H3/b17-8+/t16-/m1/s1. The topological polar surface area (TPSA) is 54.4 Å². The molecule has 21 heavy (non-hydrogen) atoms. The highest BCUT2D eigenvalue weighted by molar-refractivity contribution is 7.95. The normalized spacial score (nSPS) is 14.0. The van der Waals surface area contributed by atoms with E-state index in [4.69, 9.17) is 0 Å². The third kappa shape index (κ3) is 4.83. The molecule has 0 saturated heterocycles. The summed E-state index contributed by atoms with van der Waals surface area (Å²) in [6.07, 6.45) is 5.06. The Morgan fingerprint density at radius 3 is 2.43 bits per heavy atom. The van der Waals surface area contributed by atoms with Crippen LogP contribution in [0.5, 0.6) is 0 Å². The van der Waals surface area contributed by atoms with Crippen LogP contribution in [0, 0.1) is 6.92 Å². The summed E-state index contributed by atoms with van der Waals surface area (Å²) < 4.78 is 25.3. The second-order valence-electron chi connectivity index (χ2n) is 5.13. The van der Waals surface area contributed by atoms with Crippen molar-refractivity contribution in [3.63, 3.8) is 0 Å². The number of sulfone groups is 1. The Balaban J connectivity index is 3.06. The zero-order valence-electron chi connectivity index (χ0n) is 12.7. The van der Waals surface area contributed by atoms with E-state index in [9.17, 15) is 13.5 Å². The molecule has 0 unspecified atom stereocenters. The Kier molecular flexibility index (Phi) is 6.85. The van der Waals surface area contributed by atoms with Crippen LogP contribution in [-0.2, 0) is 9.84 Å². The maximum Gasteiger partial charge on any atom is 0.205 e. The predicted octanol–water partition coefficient (Wildman–Crippen LogP) is 3.78. The first-order chi connectivity index (χ1) is 9.93. The molecule has 0 aromatic heterocycles. The number of rotatable bonds is 8. The van der Waals surface area contributed by atoms with Crippen molar-refractivity contribution in [2.75, 3.05) is 0 Å². The molecule has 1 rings (SSSR count). The molecule has 0 aliphatic rings. The van der Waals surface area contributed by atoms with Crippen molar-refractivity contribution in [2.45, 2.75) is 50.5 Å². The molecular weight excluding hydrogens is 284 g/mol. The summed E-state index contributed by atoms with van der Waals surface area (Å²) in [4.78, 5) is 0.230. The molecule has 0 aliphatic heterocycles. The molecule has 1 N–H and O–H groups in total. The number of aliphatic hydroxyl groups is 1. The van der Waals surface area contributed by atoms with E-state index in [0.717, 1.165) is 24.8 Å². The number of aliphatic hydroxyl groups excluding tert-OH is 1. The SMILES string of the molecule is C=C/C=C(\[C@H](O)CCCCC)S(=O)(=O)c1ccc(C)cc1. The molecule has 0 fully saturated rings. The van der Waals surface area contributed by atoms with E-state index in [-0.39, 0.29) is 9.80 Å². The molecule has 1 atom stereocenters. The van der Waals surface area contributed by atoms with Gasteiger partial charge in [0.05, 0.1) is 15.9 Å². The van der Waals surface area contributed by atoms with Crippen molar-refractivity contribution >= 4 is 9.84 Å². The minimum Gasteiger partial charge on any atom is -0.388 e. The van der Waals surface area contributed by atoms with E-state index in [1.54, 1.807) is 24.3 Å². The maximum absolute atomic E-state index is 12.6. The second-order valence-corrected chi connectivity index (χ2v) is 7.08. The highest BCUT2D eigenvalue weighted by Gasteiger charge is 2.26. The first-order valence-corrected chi connectivity index (χ1v) is 8.74. The fourth-order valence-electron chi connectivity index (χ4n) is 2.08. The van der Waals surface area contributed by atoms with Gasteiger partial charge < -0.3 is 5.11 Å². The number of hydrogen-bond donors (Lipinski definition) is 1. The number of aryl methyl sites for hydroxylation is 1. The van der Waals surface area contributed by atoms with Crippen LogP contribution in [0.25, 0.3) is 0 Å². The van der Waals surface area contributed by atoms with Gasteiger partial charge in [-0.3, -0.25) is 0 Å². The van der Waals surface area contributed by atoms with Crippen molar-refractivity contribution in [2.24, 2.45) is 0 Å². The lowest BCUT2D eigenvalue weighted by molar-refractivity contribution is 0.203.